The van der Waals surface area contributed by atoms with Crippen molar-refractivity contribution in [3.05, 3.63) is 47.7 Å². The molecule has 0 fully saturated rings. The van der Waals surface area contributed by atoms with Crippen molar-refractivity contribution in [2.45, 2.75) is 6.23 Å². The predicted molar refractivity (Wildman–Crippen MR) is 101 cm³/mol. The second kappa shape index (κ2) is 6.42. The van der Waals surface area contributed by atoms with E-state index < -0.39 is 6.23 Å². The number of ether oxygens (including phenoxy) is 4. The van der Waals surface area contributed by atoms with E-state index in [0.29, 0.717) is 28.6 Å². The molecule has 0 saturated carbocycles. The summed E-state index contributed by atoms with van der Waals surface area (Å²) in [6, 6.07) is 11.4. The minimum atomic E-state index is -0.610. The molecule has 0 amide bonds. The number of benzene rings is 2. The number of nitrogens with one attached hydrogen (secondary N) is 1. The van der Waals surface area contributed by atoms with Crippen LogP contribution in [0.3, 0.4) is 0 Å². The van der Waals surface area contributed by atoms with Gasteiger partial charge in [-0.05, 0) is 6.07 Å². The third-order valence-corrected chi connectivity index (χ3v) is 4.79. The number of para-hydroxylation sites is 1. The number of fused-ring (bicyclic) bond motifs is 3. The first-order chi connectivity index (χ1) is 13.1. The average molecular weight is 368 g/mol. The Labute approximate surface area is 156 Å². The lowest BCUT2D eigenvalue weighted by molar-refractivity contribution is 0.0431. The number of esters is 1. The highest BCUT2D eigenvalue weighted by Crippen LogP contribution is 2.43. The molecule has 0 aliphatic carbocycles. The van der Waals surface area contributed by atoms with E-state index in [4.69, 9.17) is 18.9 Å². The third kappa shape index (κ3) is 2.54. The fourth-order valence-electron chi connectivity index (χ4n) is 3.57. The van der Waals surface area contributed by atoms with E-state index in [2.05, 4.69) is 5.32 Å². The molecule has 7 nitrogen and oxygen atoms in total. The van der Waals surface area contributed by atoms with Gasteiger partial charge in [-0.15, -0.1) is 0 Å². The molecule has 0 radical (unpaired) electrons. The lowest BCUT2D eigenvalue weighted by atomic mass is 10.1. The molecule has 2 heterocycles. The van der Waals surface area contributed by atoms with Gasteiger partial charge in [0.1, 0.15) is 5.69 Å². The first-order valence-corrected chi connectivity index (χ1v) is 8.43. The van der Waals surface area contributed by atoms with Crippen molar-refractivity contribution in [3.8, 4) is 17.2 Å². The van der Waals surface area contributed by atoms with Crippen molar-refractivity contribution in [1.29, 1.82) is 0 Å². The summed E-state index contributed by atoms with van der Waals surface area (Å²) < 4.78 is 23.6. The summed E-state index contributed by atoms with van der Waals surface area (Å²) in [5.74, 6) is 1.18. The lowest BCUT2D eigenvalue weighted by Crippen LogP contribution is -2.11. The van der Waals surface area contributed by atoms with Crippen LogP contribution in [-0.4, -0.2) is 31.9 Å². The molecule has 27 heavy (non-hydrogen) atoms. The van der Waals surface area contributed by atoms with Crippen LogP contribution in [0.4, 0.5) is 5.69 Å². The van der Waals surface area contributed by atoms with Gasteiger partial charge < -0.3 is 28.8 Å². The Morgan fingerprint density at radius 3 is 2.33 bits per heavy atom. The second-order valence-corrected chi connectivity index (χ2v) is 6.18. The largest absolute Gasteiger partial charge is 0.493 e. The Kier molecular flexibility index (Phi) is 4.07. The van der Waals surface area contributed by atoms with Crippen LogP contribution in [0.25, 0.3) is 10.9 Å². The van der Waals surface area contributed by atoms with Gasteiger partial charge in [-0.1, -0.05) is 18.2 Å². The van der Waals surface area contributed by atoms with Gasteiger partial charge >= 0.3 is 5.97 Å². The summed E-state index contributed by atoms with van der Waals surface area (Å²) in [6.07, 6.45) is -0.610. The number of hydrogen-bond donors (Lipinski definition) is 1. The summed E-state index contributed by atoms with van der Waals surface area (Å²) >= 11 is 0. The summed E-state index contributed by atoms with van der Waals surface area (Å²) in [5.41, 5.74) is 3.05. The van der Waals surface area contributed by atoms with Crippen LogP contribution in [-0.2, 0) is 11.8 Å². The van der Waals surface area contributed by atoms with E-state index >= 15 is 0 Å². The maximum atomic E-state index is 12.5. The van der Waals surface area contributed by atoms with Gasteiger partial charge in [-0.25, -0.2) is 4.79 Å². The number of carbonyl (C=O) groups excluding carboxylic acids is 1. The topological polar surface area (TPSA) is 71.0 Å². The predicted octanol–water partition coefficient (Wildman–Crippen LogP) is 3.49. The van der Waals surface area contributed by atoms with Gasteiger partial charge in [0, 0.05) is 35.8 Å². The van der Waals surface area contributed by atoms with Crippen LogP contribution < -0.4 is 19.5 Å². The monoisotopic (exact) mass is 368 g/mol. The zero-order valence-electron chi connectivity index (χ0n) is 15.5. The van der Waals surface area contributed by atoms with Crippen molar-refractivity contribution >= 4 is 22.6 Å². The maximum Gasteiger partial charge on any atom is 0.357 e. The number of rotatable bonds is 5. The zero-order valence-corrected chi connectivity index (χ0v) is 15.5. The molecule has 1 atom stereocenters. The minimum Gasteiger partial charge on any atom is -0.493 e. The number of aryl methyl sites for hydroxylation is 1. The van der Waals surface area contributed by atoms with Gasteiger partial charge in [0.05, 0.1) is 26.9 Å². The number of hydrogen-bond acceptors (Lipinski definition) is 6. The molecule has 0 saturated heterocycles. The van der Waals surface area contributed by atoms with Gasteiger partial charge in [0.15, 0.2) is 11.5 Å². The third-order valence-electron chi connectivity index (χ3n) is 4.79. The first-order valence-electron chi connectivity index (χ1n) is 8.43. The quantitative estimate of drug-likeness (QED) is 0.695. The van der Waals surface area contributed by atoms with Gasteiger partial charge in [-0.3, -0.25) is 0 Å². The fraction of sp³-hybridized carbons (Fsp3) is 0.250. The number of nitrogens with zero attached hydrogens (tertiary/aromatic N) is 1. The molecule has 0 spiro atoms. The molecule has 140 valence electrons. The Morgan fingerprint density at radius 1 is 1.04 bits per heavy atom. The van der Waals surface area contributed by atoms with Gasteiger partial charge in [0.2, 0.25) is 12.0 Å². The molecule has 7 heteroatoms. The standard InChI is InChI=1S/C20H20N2O5/c1-22-13-8-6-5-7-12(13)16-17(22)20(23)27-19(16)21-11-9-14(24-2)18(26-4)15(10-11)25-3/h5-10,19,21H,1-4H3. The molecule has 1 aliphatic heterocycles. The SMILES string of the molecule is COc1cc(NC2OC(=O)c3c2c2ccccc2n3C)cc(OC)c1OC. The molecule has 1 aromatic heterocycles. The second-order valence-electron chi connectivity index (χ2n) is 6.18. The molecule has 4 rings (SSSR count). The van der Waals surface area contributed by atoms with Crippen LogP contribution in [0.5, 0.6) is 17.2 Å². The van der Waals surface area contributed by atoms with E-state index in [1.54, 1.807) is 33.5 Å². The highest BCUT2D eigenvalue weighted by Gasteiger charge is 2.37. The highest BCUT2D eigenvalue weighted by molar-refractivity contribution is 6.02. The Hall–Kier alpha value is -3.35. The lowest BCUT2D eigenvalue weighted by Gasteiger charge is -2.18. The van der Waals surface area contributed by atoms with Crippen LogP contribution in [0, 0.1) is 0 Å². The first kappa shape index (κ1) is 17.1. The van der Waals surface area contributed by atoms with E-state index in [-0.39, 0.29) is 5.97 Å². The fourth-order valence-corrected chi connectivity index (χ4v) is 3.57. The van der Waals surface area contributed by atoms with E-state index in [9.17, 15) is 4.79 Å². The number of aromatic nitrogens is 1. The van der Waals surface area contributed by atoms with E-state index in [1.807, 2.05) is 35.9 Å². The van der Waals surface area contributed by atoms with Crippen molar-refractivity contribution in [1.82, 2.24) is 4.57 Å². The van der Waals surface area contributed by atoms with E-state index in [0.717, 1.165) is 16.5 Å². The Morgan fingerprint density at radius 2 is 1.70 bits per heavy atom. The van der Waals surface area contributed by atoms with Crippen molar-refractivity contribution in [2.24, 2.45) is 7.05 Å². The smallest absolute Gasteiger partial charge is 0.357 e. The van der Waals surface area contributed by atoms with Crippen LogP contribution in [0.15, 0.2) is 36.4 Å². The van der Waals surface area contributed by atoms with Gasteiger partial charge in [-0.2, -0.15) is 0 Å². The summed E-state index contributed by atoms with van der Waals surface area (Å²) in [6.45, 7) is 0. The maximum absolute atomic E-state index is 12.5. The number of carbonyl (C=O) groups is 1. The van der Waals surface area contributed by atoms with Crippen molar-refractivity contribution < 1.29 is 23.7 Å². The van der Waals surface area contributed by atoms with Crippen molar-refractivity contribution in [3.63, 3.8) is 0 Å². The number of methoxy groups -OCH3 is 3. The van der Waals surface area contributed by atoms with Crippen LogP contribution >= 0.6 is 0 Å². The molecule has 1 aliphatic rings. The van der Waals surface area contributed by atoms with E-state index in [1.165, 1.54) is 0 Å². The minimum absolute atomic E-state index is 0.353. The van der Waals surface area contributed by atoms with Crippen molar-refractivity contribution in [2.75, 3.05) is 26.6 Å². The molecule has 1 N–H and O–H groups in total. The highest BCUT2D eigenvalue weighted by atomic mass is 16.6. The summed E-state index contributed by atoms with van der Waals surface area (Å²) in [4.78, 5) is 12.5. The van der Waals surface area contributed by atoms with Crippen LogP contribution in [0.1, 0.15) is 22.3 Å². The number of cyclic esters (lactones) is 1. The van der Waals surface area contributed by atoms with Crippen LogP contribution in [0.2, 0.25) is 0 Å². The molecular weight excluding hydrogens is 348 g/mol. The molecule has 0 bridgehead atoms. The number of anilines is 1. The Bertz CT molecular complexity index is 1020. The molecular formula is C20H20N2O5. The normalized spacial score (nSPS) is 15.4. The average Bonchev–Trinajstić information content (AvgIpc) is 3.17. The Balaban J connectivity index is 1.78. The summed E-state index contributed by atoms with van der Waals surface area (Å²) in [5, 5.41) is 4.24. The molecule has 1 unspecified atom stereocenters. The zero-order chi connectivity index (χ0) is 19.1. The van der Waals surface area contributed by atoms with Gasteiger partial charge in [0.25, 0.3) is 0 Å². The summed E-state index contributed by atoms with van der Waals surface area (Å²) in [7, 11) is 6.53. The molecule has 2 aromatic carbocycles. The molecule has 3 aromatic rings.